The van der Waals surface area contributed by atoms with Gasteiger partial charge in [-0.3, -0.25) is 19.3 Å². The summed E-state index contributed by atoms with van der Waals surface area (Å²) in [5, 5.41) is 3.67. The summed E-state index contributed by atoms with van der Waals surface area (Å²) in [6, 6.07) is 2.52. The van der Waals surface area contributed by atoms with Crippen molar-refractivity contribution in [3.63, 3.8) is 0 Å². The zero-order valence-electron chi connectivity index (χ0n) is 14.3. The van der Waals surface area contributed by atoms with E-state index in [1.165, 1.54) is 23.2 Å². The summed E-state index contributed by atoms with van der Waals surface area (Å²) < 4.78 is 12.2. The molecule has 0 spiro atoms. The molecule has 140 valence electrons. The number of esters is 1. The lowest BCUT2D eigenvalue weighted by Gasteiger charge is -2.16. The van der Waals surface area contributed by atoms with Crippen LogP contribution in [-0.4, -0.2) is 39.3 Å². The molecule has 3 rings (SSSR count). The SMILES string of the molecule is Cc1cn(C2CC(N=[N+]=[N-])C(COC(=O)c3cccnc3)O2)c(=O)[nH]c1=O. The summed E-state index contributed by atoms with van der Waals surface area (Å²) >= 11 is 0. The lowest BCUT2D eigenvalue weighted by molar-refractivity contribution is -0.0363. The number of aromatic nitrogens is 3. The Balaban J connectivity index is 1.74. The number of rotatable bonds is 5. The number of carbonyl (C=O) groups excluding carboxylic acids is 1. The molecular weight excluding hydrogens is 356 g/mol. The Labute approximate surface area is 152 Å². The molecule has 1 aliphatic rings. The summed E-state index contributed by atoms with van der Waals surface area (Å²) in [6.07, 6.45) is 2.99. The predicted molar refractivity (Wildman–Crippen MR) is 92.0 cm³/mol. The normalized spacial score (nSPS) is 21.4. The molecule has 0 bridgehead atoms. The first-order valence-corrected chi connectivity index (χ1v) is 8.08. The van der Waals surface area contributed by atoms with Crippen molar-refractivity contribution in [2.75, 3.05) is 6.61 Å². The molecule has 1 saturated heterocycles. The van der Waals surface area contributed by atoms with Crippen LogP contribution in [0.5, 0.6) is 0 Å². The van der Waals surface area contributed by atoms with E-state index in [0.29, 0.717) is 5.56 Å². The third kappa shape index (κ3) is 4.05. The molecule has 3 unspecified atom stereocenters. The van der Waals surface area contributed by atoms with E-state index in [-0.39, 0.29) is 18.6 Å². The summed E-state index contributed by atoms with van der Waals surface area (Å²) in [6.45, 7) is 1.40. The number of aromatic amines is 1. The number of H-pyrrole nitrogens is 1. The third-order valence-corrected chi connectivity index (χ3v) is 4.14. The smallest absolute Gasteiger partial charge is 0.339 e. The molecule has 0 amide bonds. The quantitative estimate of drug-likeness (QED) is 0.358. The highest BCUT2D eigenvalue weighted by molar-refractivity contribution is 5.88. The maximum atomic E-state index is 12.0. The number of hydrogen-bond donors (Lipinski definition) is 1. The molecule has 0 radical (unpaired) electrons. The van der Waals surface area contributed by atoms with Crippen LogP contribution in [0.25, 0.3) is 10.4 Å². The van der Waals surface area contributed by atoms with E-state index in [0.717, 1.165) is 0 Å². The van der Waals surface area contributed by atoms with Gasteiger partial charge in [0.25, 0.3) is 5.56 Å². The molecule has 11 nitrogen and oxygen atoms in total. The van der Waals surface area contributed by atoms with Crippen LogP contribution in [0.4, 0.5) is 0 Å². The van der Waals surface area contributed by atoms with Crippen LogP contribution < -0.4 is 11.2 Å². The molecule has 11 heteroatoms. The Morgan fingerprint density at radius 1 is 1.56 bits per heavy atom. The molecule has 1 N–H and O–H groups in total. The minimum absolute atomic E-state index is 0.162. The molecule has 3 heterocycles. The highest BCUT2D eigenvalue weighted by atomic mass is 16.6. The van der Waals surface area contributed by atoms with Gasteiger partial charge >= 0.3 is 11.7 Å². The molecule has 3 atom stereocenters. The second-order valence-electron chi connectivity index (χ2n) is 5.96. The summed E-state index contributed by atoms with van der Waals surface area (Å²) in [7, 11) is 0. The minimum atomic E-state index is -0.759. The van der Waals surface area contributed by atoms with Crippen LogP contribution in [0.3, 0.4) is 0 Å². The van der Waals surface area contributed by atoms with Gasteiger partial charge in [-0.25, -0.2) is 9.59 Å². The first kappa shape index (κ1) is 18.4. The standard InChI is InChI=1S/C16H16N6O5/c1-9-7-22(16(25)19-14(9)23)13-5-11(20-21-17)12(27-13)8-26-15(24)10-3-2-4-18-6-10/h2-4,6-7,11-13H,5,8H2,1H3,(H,19,23,25). The largest absolute Gasteiger partial charge is 0.459 e. The lowest BCUT2D eigenvalue weighted by atomic mass is 10.1. The molecule has 0 aliphatic carbocycles. The topological polar surface area (TPSA) is 152 Å². The van der Waals surface area contributed by atoms with Gasteiger partial charge in [0.15, 0.2) is 0 Å². The molecular formula is C16H16N6O5. The fraction of sp³-hybridized carbons (Fsp3) is 0.375. The zero-order valence-corrected chi connectivity index (χ0v) is 14.3. The zero-order chi connectivity index (χ0) is 19.4. The molecule has 1 fully saturated rings. The molecule has 0 saturated carbocycles. The number of ether oxygens (including phenoxy) is 2. The van der Waals surface area contributed by atoms with E-state index in [2.05, 4.69) is 20.0 Å². The average molecular weight is 372 g/mol. The average Bonchev–Trinajstić information content (AvgIpc) is 3.06. The first-order valence-electron chi connectivity index (χ1n) is 8.08. The first-order chi connectivity index (χ1) is 13.0. The molecule has 27 heavy (non-hydrogen) atoms. The van der Waals surface area contributed by atoms with E-state index in [1.54, 1.807) is 19.1 Å². The van der Waals surface area contributed by atoms with Crippen molar-refractivity contribution >= 4 is 5.97 Å². The van der Waals surface area contributed by atoms with Gasteiger partial charge in [0.2, 0.25) is 0 Å². The number of nitrogens with zero attached hydrogens (tertiary/aromatic N) is 5. The Kier molecular flexibility index (Phi) is 5.34. The minimum Gasteiger partial charge on any atom is -0.459 e. The van der Waals surface area contributed by atoms with Gasteiger partial charge in [0.05, 0.1) is 11.6 Å². The lowest BCUT2D eigenvalue weighted by Crippen LogP contribution is -2.33. The van der Waals surface area contributed by atoms with E-state index in [4.69, 9.17) is 15.0 Å². The maximum absolute atomic E-state index is 12.0. The highest BCUT2D eigenvalue weighted by Crippen LogP contribution is 2.30. The van der Waals surface area contributed by atoms with Crippen LogP contribution in [0, 0.1) is 6.92 Å². The van der Waals surface area contributed by atoms with Gasteiger partial charge in [0.1, 0.15) is 18.9 Å². The van der Waals surface area contributed by atoms with Gasteiger partial charge in [-0.2, -0.15) is 0 Å². The van der Waals surface area contributed by atoms with Gasteiger partial charge in [-0.15, -0.1) is 0 Å². The summed E-state index contributed by atoms with van der Waals surface area (Å²) in [4.78, 5) is 44.4. The van der Waals surface area contributed by atoms with Gasteiger partial charge in [0, 0.05) is 35.5 Å². The number of nitrogens with one attached hydrogen (secondary N) is 1. The number of azide groups is 1. The summed E-state index contributed by atoms with van der Waals surface area (Å²) in [5.74, 6) is -0.591. The van der Waals surface area contributed by atoms with Crippen molar-refractivity contribution in [3.8, 4) is 0 Å². The van der Waals surface area contributed by atoms with E-state index in [1.807, 2.05) is 0 Å². The molecule has 0 aromatic carbocycles. The van der Waals surface area contributed by atoms with Crippen molar-refractivity contribution in [3.05, 3.63) is 73.1 Å². The van der Waals surface area contributed by atoms with Gasteiger partial charge < -0.3 is 9.47 Å². The monoisotopic (exact) mass is 372 g/mol. The van der Waals surface area contributed by atoms with Crippen LogP contribution >= 0.6 is 0 Å². The van der Waals surface area contributed by atoms with E-state index in [9.17, 15) is 14.4 Å². The van der Waals surface area contributed by atoms with Crippen molar-refractivity contribution in [1.82, 2.24) is 14.5 Å². The van der Waals surface area contributed by atoms with Crippen LogP contribution in [0.1, 0.15) is 28.6 Å². The highest BCUT2D eigenvalue weighted by Gasteiger charge is 2.37. The molecule has 1 aliphatic heterocycles. The van der Waals surface area contributed by atoms with Crippen LogP contribution in [-0.2, 0) is 9.47 Å². The Morgan fingerprint density at radius 2 is 2.37 bits per heavy atom. The second-order valence-corrected chi connectivity index (χ2v) is 5.96. The van der Waals surface area contributed by atoms with Crippen LogP contribution in [0.2, 0.25) is 0 Å². The Morgan fingerprint density at radius 3 is 3.07 bits per heavy atom. The predicted octanol–water partition coefficient (Wildman–Crippen LogP) is 1.06. The number of carbonyl (C=O) groups is 1. The van der Waals surface area contributed by atoms with Crippen molar-refractivity contribution in [2.45, 2.75) is 31.7 Å². The molecule has 2 aromatic rings. The van der Waals surface area contributed by atoms with Crippen molar-refractivity contribution < 1.29 is 14.3 Å². The fourth-order valence-electron chi connectivity index (χ4n) is 2.75. The Bertz CT molecular complexity index is 994. The van der Waals surface area contributed by atoms with Crippen molar-refractivity contribution in [2.24, 2.45) is 5.11 Å². The number of hydrogen-bond acceptors (Lipinski definition) is 7. The van der Waals surface area contributed by atoms with Crippen molar-refractivity contribution in [1.29, 1.82) is 0 Å². The maximum Gasteiger partial charge on any atom is 0.339 e. The number of aryl methyl sites for hydroxylation is 1. The van der Waals surface area contributed by atoms with Gasteiger partial charge in [-0.1, -0.05) is 5.11 Å². The second kappa shape index (κ2) is 7.85. The van der Waals surface area contributed by atoms with E-state index >= 15 is 0 Å². The van der Waals surface area contributed by atoms with E-state index < -0.39 is 35.6 Å². The number of pyridine rings is 1. The summed E-state index contributed by atoms with van der Waals surface area (Å²) in [5.41, 5.74) is 8.26. The van der Waals surface area contributed by atoms with Gasteiger partial charge in [-0.05, 0) is 24.6 Å². The third-order valence-electron chi connectivity index (χ3n) is 4.14. The fourth-order valence-corrected chi connectivity index (χ4v) is 2.75. The van der Waals surface area contributed by atoms with Crippen LogP contribution in [0.15, 0.2) is 45.4 Å². The Hall–Kier alpha value is -3.43. The molecule has 2 aromatic heterocycles.